The number of hydrogen-bond acceptors (Lipinski definition) is 4. The average Bonchev–Trinajstić information content (AvgIpc) is 2.50. The third kappa shape index (κ3) is 5.05. The van der Waals surface area contributed by atoms with E-state index < -0.39 is 0 Å². The van der Waals surface area contributed by atoms with Gasteiger partial charge in [0.15, 0.2) is 0 Å². The minimum atomic E-state index is -0.219. The minimum absolute atomic E-state index is 0.126. The molecule has 2 N–H and O–H groups in total. The fourth-order valence-corrected chi connectivity index (χ4v) is 2.39. The summed E-state index contributed by atoms with van der Waals surface area (Å²) in [5.41, 5.74) is 0.865. The SMILES string of the molecule is CC1CCN(CCOc2ccc(C#CCO)cc2)CC1O. The van der Waals surface area contributed by atoms with Gasteiger partial charge in [0.05, 0.1) is 6.10 Å². The number of piperidine rings is 1. The lowest BCUT2D eigenvalue weighted by molar-refractivity contribution is 0.0244. The quantitative estimate of drug-likeness (QED) is 0.816. The van der Waals surface area contributed by atoms with E-state index >= 15 is 0 Å². The van der Waals surface area contributed by atoms with Crippen molar-refractivity contribution in [1.82, 2.24) is 4.90 Å². The first-order chi connectivity index (χ1) is 10.2. The van der Waals surface area contributed by atoms with Gasteiger partial charge in [0, 0.05) is 18.7 Å². The zero-order valence-corrected chi connectivity index (χ0v) is 12.5. The standard InChI is InChI=1S/C17H23NO3/c1-14-8-9-18(13-17(14)20)10-12-21-16-6-4-15(5-7-16)3-2-11-19/h4-7,14,17,19-20H,8-13H2,1H3. The van der Waals surface area contributed by atoms with Crippen molar-refractivity contribution in [3.8, 4) is 17.6 Å². The van der Waals surface area contributed by atoms with E-state index in [1.165, 1.54) is 0 Å². The van der Waals surface area contributed by atoms with Crippen LogP contribution in [0.4, 0.5) is 0 Å². The topological polar surface area (TPSA) is 52.9 Å². The largest absolute Gasteiger partial charge is 0.492 e. The van der Waals surface area contributed by atoms with E-state index in [0.717, 1.165) is 37.4 Å². The molecule has 0 amide bonds. The van der Waals surface area contributed by atoms with Crippen molar-refractivity contribution in [3.05, 3.63) is 29.8 Å². The lowest BCUT2D eigenvalue weighted by Gasteiger charge is -2.34. The van der Waals surface area contributed by atoms with Crippen molar-refractivity contribution >= 4 is 0 Å². The molecule has 2 rings (SSSR count). The number of nitrogens with zero attached hydrogens (tertiary/aromatic N) is 1. The molecule has 2 unspecified atom stereocenters. The Labute approximate surface area is 126 Å². The van der Waals surface area contributed by atoms with E-state index in [4.69, 9.17) is 9.84 Å². The smallest absolute Gasteiger partial charge is 0.119 e. The van der Waals surface area contributed by atoms with Gasteiger partial charge in [0.2, 0.25) is 0 Å². The van der Waals surface area contributed by atoms with Crippen LogP contribution < -0.4 is 4.74 Å². The molecule has 0 aromatic heterocycles. The Morgan fingerprint density at radius 2 is 2.10 bits per heavy atom. The molecule has 1 fully saturated rings. The van der Waals surface area contributed by atoms with Gasteiger partial charge in [0.25, 0.3) is 0 Å². The summed E-state index contributed by atoms with van der Waals surface area (Å²) in [6.45, 7) is 5.18. The summed E-state index contributed by atoms with van der Waals surface area (Å²) < 4.78 is 5.71. The molecule has 0 aliphatic carbocycles. The van der Waals surface area contributed by atoms with Gasteiger partial charge < -0.3 is 14.9 Å². The highest BCUT2D eigenvalue weighted by atomic mass is 16.5. The molecule has 1 heterocycles. The van der Waals surface area contributed by atoms with E-state index in [1.807, 2.05) is 24.3 Å². The fourth-order valence-electron chi connectivity index (χ4n) is 2.39. The summed E-state index contributed by atoms with van der Waals surface area (Å²) in [4.78, 5) is 2.24. The van der Waals surface area contributed by atoms with Gasteiger partial charge in [-0.1, -0.05) is 18.8 Å². The van der Waals surface area contributed by atoms with Crippen molar-refractivity contribution < 1.29 is 14.9 Å². The highest BCUT2D eigenvalue weighted by Crippen LogP contribution is 2.17. The van der Waals surface area contributed by atoms with E-state index in [2.05, 4.69) is 23.7 Å². The number of benzene rings is 1. The molecule has 1 saturated heterocycles. The second-order valence-electron chi connectivity index (χ2n) is 5.47. The van der Waals surface area contributed by atoms with E-state index in [0.29, 0.717) is 12.5 Å². The molecule has 1 aromatic carbocycles. The highest BCUT2D eigenvalue weighted by Gasteiger charge is 2.23. The first-order valence-corrected chi connectivity index (χ1v) is 7.42. The highest BCUT2D eigenvalue weighted by molar-refractivity contribution is 5.38. The van der Waals surface area contributed by atoms with Crippen LogP contribution in [-0.4, -0.2) is 54.1 Å². The second kappa shape index (κ2) is 8.04. The lowest BCUT2D eigenvalue weighted by atomic mass is 9.96. The molecule has 1 aliphatic heterocycles. The maximum Gasteiger partial charge on any atom is 0.119 e. The summed E-state index contributed by atoms with van der Waals surface area (Å²) in [5, 5.41) is 18.5. The molecule has 0 spiro atoms. The van der Waals surface area contributed by atoms with Crippen LogP contribution in [0.25, 0.3) is 0 Å². The van der Waals surface area contributed by atoms with E-state index in [9.17, 15) is 5.11 Å². The van der Waals surface area contributed by atoms with Crippen molar-refractivity contribution in [2.75, 3.05) is 32.8 Å². The van der Waals surface area contributed by atoms with Gasteiger partial charge in [0.1, 0.15) is 19.0 Å². The minimum Gasteiger partial charge on any atom is -0.492 e. The zero-order valence-electron chi connectivity index (χ0n) is 12.5. The predicted octanol–water partition coefficient (Wildman–Crippen LogP) is 1.11. The Morgan fingerprint density at radius 1 is 1.33 bits per heavy atom. The van der Waals surface area contributed by atoms with Crippen LogP contribution in [0.5, 0.6) is 5.75 Å². The number of aliphatic hydroxyl groups excluding tert-OH is 2. The fraction of sp³-hybridized carbons (Fsp3) is 0.529. The van der Waals surface area contributed by atoms with Crippen LogP contribution in [0.2, 0.25) is 0 Å². The molecule has 0 saturated carbocycles. The number of likely N-dealkylation sites (tertiary alicyclic amines) is 1. The molecular weight excluding hydrogens is 266 g/mol. The number of β-amino-alcohol motifs (C(OH)–C–C–N with tert-alkyl or cyclic N) is 1. The molecule has 1 aliphatic rings. The lowest BCUT2D eigenvalue weighted by Crippen LogP contribution is -2.44. The summed E-state index contributed by atoms with van der Waals surface area (Å²) >= 11 is 0. The Bertz CT molecular complexity index is 489. The Kier molecular flexibility index (Phi) is 6.06. The molecular formula is C17H23NO3. The third-order valence-electron chi connectivity index (χ3n) is 3.85. The van der Waals surface area contributed by atoms with Gasteiger partial charge >= 0.3 is 0 Å². The molecule has 2 atom stereocenters. The van der Waals surface area contributed by atoms with Crippen LogP contribution in [0.1, 0.15) is 18.9 Å². The number of ether oxygens (including phenoxy) is 1. The van der Waals surface area contributed by atoms with Crippen LogP contribution in [0.15, 0.2) is 24.3 Å². The number of rotatable bonds is 4. The zero-order chi connectivity index (χ0) is 15.1. The molecule has 4 heteroatoms. The van der Waals surface area contributed by atoms with Crippen molar-refractivity contribution in [3.63, 3.8) is 0 Å². The van der Waals surface area contributed by atoms with Crippen molar-refractivity contribution in [2.24, 2.45) is 5.92 Å². The first-order valence-electron chi connectivity index (χ1n) is 7.42. The summed E-state index contributed by atoms with van der Waals surface area (Å²) in [6, 6.07) is 7.53. The van der Waals surface area contributed by atoms with Crippen molar-refractivity contribution in [1.29, 1.82) is 0 Å². The Hall–Kier alpha value is -1.54. The normalized spacial score (nSPS) is 22.4. The average molecular weight is 289 g/mol. The van der Waals surface area contributed by atoms with Gasteiger partial charge in [-0.05, 0) is 43.1 Å². The van der Waals surface area contributed by atoms with E-state index in [-0.39, 0.29) is 12.7 Å². The van der Waals surface area contributed by atoms with E-state index in [1.54, 1.807) is 0 Å². The summed E-state index contributed by atoms with van der Waals surface area (Å²) in [7, 11) is 0. The van der Waals surface area contributed by atoms with Gasteiger partial charge in [-0.2, -0.15) is 0 Å². The van der Waals surface area contributed by atoms with Gasteiger partial charge in [-0.3, -0.25) is 4.90 Å². The second-order valence-corrected chi connectivity index (χ2v) is 5.47. The van der Waals surface area contributed by atoms with Crippen LogP contribution in [0, 0.1) is 17.8 Å². The number of aliphatic hydroxyl groups is 2. The Morgan fingerprint density at radius 3 is 2.76 bits per heavy atom. The molecule has 21 heavy (non-hydrogen) atoms. The molecule has 1 aromatic rings. The molecule has 0 radical (unpaired) electrons. The van der Waals surface area contributed by atoms with Crippen LogP contribution >= 0.6 is 0 Å². The van der Waals surface area contributed by atoms with Crippen LogP contribution in [-0.2, 0) is 0 Å². The number of hydrogen-bond donors (Lipinski definition) is 2. The predicted molar refractivity (Wildman–Crippen MR) is 82.1 cm³/mol. The maximum absolute atomic E-state index is 9.85. The maximum atomic E-state index is 9.85. The van der Waals surface area contributed by atoms with Crippen LogP contribution in [0.3, 0.4) is 0 Å². The summed E-state index contributed by atoms with van der Waals surface area (Å²) in [5.74, 6) is 6.67. The third-order valence-corrected chi connectivity index (χ3v) is 3.85. The van der Waals surface area contributed by atoms with Crippen molar-refractivity contribution in [2.45, 2.75) is 19.4 Å². The molecule has 4 nitrogen and oxygen atoms in total. The molecule has 114 valence electrons. The summed E-state index contributed by atoms with van der Waals surface area (Å²) in [6.07, 6.45) is 0.822. The molecule has 0 bridgehead atoms. The monoisotopic (exact) mass is 289 g/mol. The van der Waals surface area contributed by atoms with Gasteiger partial charge in [-0.15, -0.1) is 0 Å². The van der Waals surface area contributed by atoms with Gasteiger partial charge in [-0.25, -0.2) is 0 Å². The first kappa shape index (κ1) is 15.8. The Balaban J connectivity index is 1.73.